The van der Waals surface area contributed by atoms with Crippen LogP contribution in [0.2, 0.25) is 0 Å². The highest BCUT2D eigenvalue weighted by atomic mass is 19.1. The van der Waals surface area contributed by atoms with Crippen molar-refractivity contribution < 1.29 is 27.2 Å². The predicted octanol–water partition coefficient (Wildman–Crippen LogP) is 5.77. The molecule has 0 unspecified atom stereocenters. The maximum Gasteiger partial charge on any atom is 0.319 e. The molecule has 1 aliphatic rings. The Bertz CT molecular complexity index is 1040. The van der Waals surface area contributed by atoms with Gasteiger partial charge in [0.25, 0.3) is 0 Å². The molecular formula is C24H28F4N4O2. The molecule has 1 fully saturated rings. The van der Waals surface area contributed by atoms with Gasteiger partial charge in [0, 0.05) is 12.6 Å². The van der Waals surface area contributed by atoms with Gasteiger partial charge >= 0.3 is 12.1 Å². The Hall–Kier alpha value is -3.30. The second kappa shape index (κ2) is 9.90. The zero-order chi connectivity index (χ0) is 25.1. The fourth-order valence-electron chi connectivity index (χ4n) is 4.89. The standard InChI is InChI=1S/C24H28F4N4O2/c1-23(2)10-14(30-22(34)32-20-17(27)8-5-9-18(20)28)11-24(3,12-23)13-29-21(33)31-19-15(25)6-4-7-16(19)26/h4-9,14H,10-13H2,1-3H3,(H2,29,31,33)(H2,30,32,34)/t14-,24+/m1/s1. The van der Waals surface area contributed by atoms with Crippen LogP contribution in [0, 0.1) is 34.1 Å². The van der Waals surface area contributed by atoms with Gasteiger partial charge in [-0.05, 0) is 54.4 Å². The summed E-state index contributed by atoms with van der Waals surface area (Å²) in [5, 5.41) is 9.82. The highest BCUT2D eigenvalue weighted by molar-refractivity contribution is 5.90. The number of para-hydroxylation sites is 2. The zero-order valence-corrected chi connectivity index (χ0v) is 19.2. The first-order chi connectivity index (χ1) is 15.9. The zero-order valence-electron chi connectivity index (χ0n) is 19.2. The normalized spacial score (nSPS) is 21.4. The molecule has 0 heterocycles. The first kappa shape index (κ1) is 25.3. The fourth-order valence-corrected chi connectivity index (χ4v) is 4.89. The molecule has 0 radical (unpaired) electrons. The van der Waals surface area contributed by atoms with Crippen molar-refractivity contribution in [1.82, 2.24) is 10.6 Å². The van der Waals surface area contributed by atoms with E-state index in [1.165, 1.54) is 12.1 Å². The van der Waals surface area contributed by atoms with Crippen molar-refractivity contribution in [2.45, 2.75) is 46.1 Å². The molecule has 34 heavy (non-hydrogen) atoms. The number of anilines is 2. The third-order valence-electron chi connectivity index (χ3n) is 5.86. The first-order valence-corrected chi connectivity index (χ1v) is 10.9. The van der Waals surface area contributed by atoms with Gasteiger partial charge in [-0.2, -0.15) is 0 Å². The fraction of sp³-hybridized carbons (Fsp3) is 0.417. The molecule has 0 spiro atoms. The van der Waals surface area contributed by atoms with Crippen LogP contribution in [0.1, 0.15) is 40.0 Å². The van der Waals surface area contributed by atoms with Gasteiger partial charge < -0.3 is 21.3 Å². The Balaban J connectivity index is 1.62. The van der Waals surface area contributed by atoms with Gasteiger partial charge in [-0.1, -0.05) is 32.9 Å². The van der Waals surface area contributed by atoms with Crippen molar-refractivity contribution in [3.63, 3.8) is 0 Å². The van der Waals surface area contributed by atoms with Crippen molar-refractivity contribution in [2.24, 2.45) is 10.8 Å². The predicted molar refractivity (Wildman–Crippen MR) is 121 cm³/mol. The summed E-state index contributed by atoms with van der Waals surface area (Å²) in [7, 11) is 0. The van der Waals surface area contributed by atoms with Crippen molar-refractivity contribution in [3.8, 4) is 0 Å². The average Bonchev–Trinajstić information content (AvgIpc) is 2.71. The van der Waals surface area contributed by atoms with E-state index in [9.17, 15) is 27.2 Å². The molecule has 184 valence electrons. The summed E-state index contributed by atoms with van der Waals surface area (Å²) >= 11 is 0. The monoisotopic (exact) mass is 480 g/mol. The maximum atomic E-state index is 13.8. The third kappa shape index (κ3) is 6.39. The molecule has 6 nitrogen and oxygen atoms in total. The van der Waals surface area contributed by atoms with Crippen molar-refractivity contribution in [3.05, 3.63) is 59.7 Å². The number of amides is 4. The lowest BCUT2D eigenvalue weighted by Gasteiger charge is -2.46. The molecule has 2 aromatic carbocycles. The van der Waals surface area contributed by atoms with E-state index in [-0.39, 0.29) is 18.0 Å². The minimum atomic E-state index is -0.887. The number of hydrogen-bond acceptors (Lipinski definition) is 2. The number of carbonyl (C=O) groups is 2. The lowest BCUT2D eigenvalue weighted by atomic mass is 9.62. The van der Waals surface area contributed by atoms with E-state index in [1.54, 1.807) is 0 Å². The van der Waals surface area contributed by atoms with Gasteiger partial charge in [-0.25, -0.2) is 27.2 Å². The van der Waals surface area contributed by atoms with E-state index in [4.69, 9.17) is 0 Å². The van der Waals surface area contributed by atoms with E-state index in [0.717, 1.165) is 24.3 Å². The average molecular weight is 481 g/mol. The summed E-state index contributed by atoms with van der Waals surface area (Å²) in [4.78, 5) is 24.7. The topological polar surface area (TPSA) is 82.3 Å². The van der Waals surface area contributed by atoms with Crippen LogP contribution >= 0.6 is 0 Å². The molecule has 0 aromatic heterocycles. The van der Waals surface area contributed by atoms with Crippen LogP contribution in [0.25, 0.3) is 0 Å². The van der Waals surface area contributed by atoms with Crippen LogP contribution in [0.3, 0.4) is 0 Å². The smallest absolute Gasteiger partial charge is 0.319 e. The number of hydrogen-bond donors (Lipinski definition) is 4. The molecule has 2 atom stereocenters. The van der Waals surface area contributed by atoms with Gasteiger partial charge in [0.15, 0.2) is 0 Å². The minimum absolute atomic E-state index is 0.181. The first-order valence-electron chi connectivity index (χ1n) is 10.9. The Morgan fingerprint density at radius 1 is 0.824 bits per heavy atom. The summed E-state index contributed by atoms with van der Waals surface area (Å²) in [6.45, 7) is 6.14. The number of benzene rings is 2. The van der Waals surface area contributed by atoms with E-state index in [0.29, 0.717) is 19.3 Å². The molecule has 3 rings (SSSR count). The second-order valence-electron chi connectivity index (χ2n) is 9.86. The van der Waals surface area contributed by atoms with E-state index < -0.39 is 52.1 Å². The Kier molecular flexibility index (Phi) is 7.38. The summed E-state index contributed by atoms with van der Waals surface area (Å²) < 4.78 is 55.3. The largest absolute Gasteiger partial charge is 0.337 e. The summed E-state index contributed by atoms with van der Waals surface area (Å²) in [5.74, 6) is -3.54. The van der Waals surface area contributed by atoms with Crippen LogP contribution in [0.15, 0.2) is 36.4 Å². The van der Waals surface area contributed by atoms with Crippen LogP contribution < -0.4 is 21.3 Å². The van der Waals surface area contributed by atoms with Crippen molar-refractivity contribution in [1.29, 1.82) is 0 Å². The number of halogens is 4. The number of carbonyl (C=O) groups excluding carboxylic acids is 2. The summed E-state index contributed by atoms with van der Waals surface area (Å²) in [6, 6.07) is 4.73. The highest BCUT2D eigenvalue weighted by Gasteiger charge is 2.42. The molecular weight excluding hydrogens is 452 g/mol. The second-order valence-corrected chi connectivity index (χ2v) is 9.86. The maximum absolute atomic E-state index is 13.8. The van der Waals surface area contributed by atoms with E-state index >= 15 is 0 Å². The van der Waals surface area contributed by atoms with Gasteiger partial charge in [0.1, 0.15) is 34.6 Å². The molecule has 4 amide bonds. The third-order valence-corrected chi connectivity index (χ3v) is 5.86. The van der Waals surface area contributed by atoms with Crippen LogP contribution in [0.4, 0.5) is 38.5 Å². The molecule has 10 heteroatoms. The van der Waals surface area contributed by atoms with Crippen molar-refractivity contribution >= 4 is 23.4 Å². The van der Waals surface area contributed by atoms with Crippen LogP contribution in [0.5, 0.6) is 0 Å². The SMILES string of the molecule is CC1(C)C[C@@H](NC(=O)Nc2c(F)cccc2F)C[C@](C)(CNC(=O)Nc2c(F)cccc2F)C1. The van der Waals surface area contributed by atoms with Crippen LogP contribution in [-0.4, -0.2) is 24.6 Å². The lowest BCUT2D eigenvalue weighted by molar-refractivity contribution is 0.0761. The Morgan fingerprint density at radius 3 is 1.79 bits per heavy atom. The molecule has 0 aliphatic heterocycles. The molecule has 1 saturated carbocycles. The van der Waals surface area contributed by atoms with Crippen molar-refractivity contribution in [2.75, 3.05) is 17.2 Å². The molecule has 0 bridgehead atoms. The number of rotatable bonds is 5. The highest BCUT2D eigenvalue weighted by Crippen LogP contribution is 2.45. The quantitative estimate of drug-likeness (QED) is 0.410. The number of nitrogens with one attached hydrogen (secondary N) is 4. The van der Waals surface area contributed by atoms with E-state index in [1.807, 2.05) is 20.8 Å². The Labute approximate surface area is 195 Å². The van der Waals surface area contributed by atoms with Gasteiger partial charge in [0.05, 0.1) is 0 Å². The van der Waals surface area contributed by atoms with Crippen LogP contribution in [-0.2, 0) is 0 Å². The Morgan fingerprint density at radius 2 is 1.29 bits per heavy atom. The van der Waals surface area contributed by atoms with Gasteiger partial charge in [0.2, 0.25) is 0 Å². The molecule has 1 aliphatic carbocycles. The minimum Gasteiger partial charge on any atom is -0.337 e. The van der Waals surface area contributed by atoms with Gasteiger partial charge in [-0.3, -0.25) is 0 Å². The summed E-state index contributed by atoms with van der Waals surface area (Å²) in [5.41, 5.74) is -1.75. The summed E-state index contributed by atoms with van der Waals surface area (Å²) in [6.07, 6.45) is 1.79. The molecule has 4 N–H and O–H groups in total. The van der Waals surface area contributed by atoms with Gasteiger partial charge in [-0.15, -0.1) is 0 Å². The molecule has 0 saturated heterocycles. The van der Waals surface area contributed by atoms with E-state index in [2.05, 4.69) is 21.3 Å². The lowest BCUT2D eigenvalue weighted by Crippen LogP contribution is -2.51. The molecule has 2 aromatic rings. The number of urea groups is 2.